The molecule has 1 saturated heterocycles. The van der Waals surface area contributed by atoms with Gasteiger partial charge in [0.05, 0.1) is 22.0 Å². The topological polar surface area (TPSA) is 66.5 Å². The molecule has 0 saturated carbocycles. The van der Waals surface area contributed by atoms with E-state index in [0.29, 0.717) is 10.7 Å². The molecule has 1 fully saturated rings. The summed E-state index contributed by atoms with van der Waals surface area (Å²) in [7, 11) is -3.61. The average Bonchev–Trinajstić information content (AvgIpc) is 2.68. The normalized spacial score (nSPS) is 14.7. The van der Waals surface area contributed by atoms with Crippen LogP contribution >= 0.6 is 11.6 Å². The van der Waals surface area contributed by atoms with Crippen LogP contribution in [0.1, 0.15) is 25.7 Å². The maximum atomic E-state index is 13.7. The standard InChI is InChI=1S/C20H22ClFN2O3S/c21-15-4-7-17(8-5-15)28(26,27)13-10-20(25)23-18-14-16(22)6-9-19(18)24-11-2-1-3-12-24/h4-9,14H,1-3,10-13H2,(H,23,25). The van der Waals surface area contributed by atoms with Crippen molar-refractivity contribution in [2.75, 3.05) is 29.1 Å². The summed E-state index contributed by atoms with van der Waals surface area (Å²) in [6.45, 7) is 1.69. The van der Waals surface area contributed by atoms with Crippen molar-refractivity contribution in [1.82, 2.24) is 0 Å². The summed E-state index contributed by atoms with van der Waals surface area (Å²) in [5, 5.41) is 3.11. The van der Waals surface area contributed by atoms with Crippen molar-refractivity contribution in [3.8, 4) is 0 Å². The molecule has 2 aromatic carbocycles. The van der Waals surface area contributed by atoms with Crippen molar-refractivity contribution in [1.29, 1.82) is 0 Å². The number of carbonyl (C=O) groups is 1. The minimum absolute atomic E-state index is 0.115. The zero-order valence-corrected chi connectivity index (χ0v) is 16.9. The number of hydrogen-bond acceptors (Lipinski definition) is 4. The van der Waals surface area contributed by atoms with Gasteiger partial charge in [-0.25, -0.2) is 12.8 Å². The molecule has 5 nitrogen and oxygen atoms in total. The summed E-state index contributed by atoms with van der Waals surface area (Å²) < 4.78 is 38.5. The average molecular weight is 425 g/mol. The smallest absolute Gasteiger partial charge is 0.225 e. The van der Waals surface area contributed by atoms with Crippen molar-refractivity contribution < 1.29 is 17.6 Å². The Morgan fingerprint density at radius 3 is 2.43 bits per heavy atom. The molecule has 1 aliphatic heterocycles. The van der Waals surface area contributed by atoms with E-state index >= 15 is 0 Å². The number of sulfone groups is 1. The predicted octanol–water partition coefficient (Wildman–Crippen LogP) is 4.27. The molecule has 1 N–H and O–H groups in total. The largest absolute Gasteiger partial charge is 0.370 e. The maximum absolute atomic E-state index is 13.7. The Morgan fingerprint density at radius 1 is 1.07 bits per heavy atom. The highest BCUT2D eigenvalue weighted by atomic mass is 35.5. The van der Waals surface area contributed by atoms with Crippen molar-refractivity contribution in [2.45, 2.75) is 30.6 Å². The molecule has 1 heterocycles. The van der Waals surface area contributed by atoms with Crippen LogP contribution < -0.4 is 10.2 Å². The van der Waals surface area contributed by atoms with Gasteiger partial charge in [0.25, 0.3) is 0 Å². The Bertz CT molecular complexity index is 942. The lowest BCUT2D eigenvalue weighted by atomic mass is 10.1. The lowest BCUT2D eigenvalue weighted by Crippen LogP contribution is -2.30. The van der Waals surface area contributed by atoms with E-state index < -0.39 is 21.6 Å². The third-order valence-corrected chi connectivity index (χ3v) is 6.68. The molecule has 0 spiro atoms. The van der Waals surface area contributed by atoms with Gasteiger partial charge in [-0.15, -0.1) is 0 Å². The van der Waals surface area contributed by atoms with E-state index in [-0.39, 0.29) is 17.1 Å². The van der Waals surface area contributed by atoms with E-state index in [9.17, 15) is 17.6 Å². The maximum Gasteiger partial charge on any atom is 0.225 e. The highest BCUT2D eigenvalue weighted by Gasteiger charge is 2.19. The van der Waals surface area contributed by atoms with E-state index in [1.807, 2.05) is 0 Å². The van der Waals surface area contributed by atoms with E-state index in [1.165, 1.54) is 36.4 Å². The number of piperidine rings is 1. The van der Waals surface area contributed by atoms with Gasteiger partial charge in [0.15, 0.2) is 9.84 Å². The summed E-state index contributed by atoms with van der Waals surface area (Å²) in [6.07, 6.45) is 3.02. The summed E-state index contributed by atoms with van der Waals surface area (Å²) in [5.74, 6) is -1.26. The van der Waals surface area contributed by atoms with Gasteiger partial charge in [-0.3, -0.25) is 4.79 Å². The predicted molar refractivity (Wildman–Crippen MR) is 109 cm³/mol. The van der Waals surface area contributed by atoms with E-state index in [2.05, 4.69) is 10.2 Å². The Kier molecular flexibility index (Phi) is 6.57. The first-order valence-corrected chi connectivity index (χ1v) is 11.2. The number of hydrogen-bond donors (Lipinski definition) is 1. The third-order valence-electron chi connectivity index (χ3n) is 4.70. The fourth-order valence-corrected chi connectivity index (χ4v) is 4.59. The zero-order valence-electron chi connectivity index (χ0n) is 15.3. The highest BCUT2D eigenvalue weighted by molar-refractivity contribution is 7.91. The monoisotopic (exact) mass is 424 g/mol. The number of nitrogens with zero attached hydrogens (tertiary/aromatic N) is 1. The Morgan fingerprint density at radius 2 is 1.75 bits per heavy atom. The molecule has 1 amide bonds. The summed E-state index contributed by atoms with van der Waals surface area (Å²) in [4.78, 5) is 14.6. The molecule has 2 aromatic rings. The molecule has 0 aliphatic carbocycles. The Balaban J connectivity index is 1.67. The van der Waals surface area contributed by atoms with Gasteiger partial charge < -0.3 is 10.2 Å². The highest BCUT2D eigenvalue weighted by Crippen LogP contribution is 2.29. The molecule has 0 atom stereocenters. The van der Waals surface area contributed by atoms with Crippen LogP contribution in [0.15, 0.2) is 47.4 Å². The number of rotatable bonds is 6. The molecule has 28 heavy (non-hydrogen) atoms. The van der Waals surface area contributed by atoms with Crippen molar-refractivity contribution in [3.63, 3.8) is 0 Å². The van der Waals surface area contributed by atoms with Crippen LogP contribution in [-0.2, 0) is 14.6 Å². The van der Waals surface area contributed by atoms with E-state index in [0.717, 1.165) is 38.0 Å². The van der Waals surface area contributed by atoms with Crippen LogP contribution in [0, 0.1) is 5.82 Å². The van der Waals surface area contributed by atoms with Gasteiger partial charge in [-0.2, -0.15) is 0 Å². The molecule has 0 unspecified atom stereocenters. The summed E-state index contributed by atoms with van der Waals surface area (Å²) >= 11 is 5.78. The number of nitrogens with one attached hydrogen (secondary N) is 1. The van der Waals surface area contributed by atoms with Crippen molar-refractivity contribution >= 4 is 38.7 Å². The van der Waals surface area contributed by atoms with Crippen LogP contribution in [0.5, 0.6) is 0 Å². The van der Waals surface area contributed by atoms with E-state index in [4.69, 9.17) is 11.6 Å². The Hall–Kier alpha value is -2.12. The second kappa shape index (κ2) is 8.92. The number of anilines is 2. The van der Waals surface area contributed by atoms with Crippen LogP contribution in [-0.4, -0.2) is 33.2 Å². The first-order valence-electron chi connectivity index (χ1n) is 9.18. The lowest BCUT2D eigenvalue weighted by molar-refractivity contribution is -0.115. The molecule has 0 aromatic heterocycles. The second-order valence-electron chi connectivity index (χ2n) is 6.78. The molecule has 1 aliphatic rings. The molecule has 0 bridgehead atoms. The molecule has 0 radical (unpaired) electrons. The first kappa shape index (κ1) is 20.6. The fourth-order valence-electron chi connectivity index (χ4n) is 3.22. The number of amides is 1. The molecular formula is C20H22ClFN2O3S. The van der Waals surface area contributed by atoms with Gasteiger partial charge in [0.1, 0.15) is 5.82 Å². The number of benzene rings is 2. The third kappa shape index (κ3) is 5.23. The van der Waals surface area contributed by atoms with Gasteiger partial charge >= 0.3 is 0 Å². The van der Waals surface area contributed by atoms with Crippen LogP contribution in [0.4, 0.5) is 15.8 Å². The SMILES string of the molecule is O=C(CCS(=O)(=O)c1ccc(Cl)cc1)Nc1cc(F)ccc1N1CCCCC1. The molecular weight excluding hydrogens is 403 g/mol. The molecule has 3 rings (SSSR count). The second-order valence-corrected chi connectivity index (χ2v) is 9.33. The van der Waals surface area contributed by atoms with Gasteiger partial charge in [-0.1, -0.05) is 11.6 Å². The summed E-state index contributed by atoms with van der Waals surface area (Å²) in [5.41, 5.74) is 1.13. The quantitative estimate of drug-likeness (QED) is 0.751. The fraction of sp³-hybridized carbons (Fsp3) is 0.350. The van der Waals surface area contributed by atoms with Gasteiger partial charge in [0, 0.05) is 24.5 Å². The lowest BCUT2D eigenvalue weighted by Gasteiger charge is -2.30. The van der Waals surface area contributed by atoms with Gasteiger partial charge in [-0.05, 0) is 61.7 Å². The van der Waals surface area contributed by atoms with Crippen LogP contribution in [0.3, 0.4) is 0 Å². The molecule has 150 valence electrons. The van der Waals surface area contributed by atoms with Crippen LogP contribution in [0.25, 0.3) is 0 Å². The van der Waals surface area contributed by atoms with Gasteiger partial charge in [0.2, 0.25) is 5.91 Å². The van der Waals surface area contributed by atoms with Crippen molar-refractivity contribution in [3.05, 3.63) is 53.3 Å². The zero-order chi connectivity index (χ0) is 20.1. The first-order chi connectivity index (χ1) is 13.3. The van der Waals surface area contributed by atoms with E-state index in [1.54, 1.807) is 6.07 Å². The summed E-state index contributed by atoms with van der Waals surface area (Å²) in [6, 6.07) is 10.1. The number of carbonyl (C=O) groups excluding carboxylic acids is 1. The number of halogens is 2. The minimum Gasteiger partial charge on any atom is -0.370 e. The Labute approximate surface area is 169 Å². The minimum atomic E-state index is -3.61. The molecule has 8 heteroatoms. The van der Waals surface area contributed by atoms with Crippen LogP contribution in [0.2, 0.25) is 5.02 Å². The van der Waals surface area contributed by atoms with Crippen molar-refractivity contribution in [2.24, 2.45) is 0 Å².